The Kier molecular flexibility index (Phi) is 7.05. The van der Waals surface area contributed by atoms with Gasteiger partial charge in [0.1, 0.15) is 0 Å². The summed E-state index contributed by atoms with van der Waals surface area (Å²) in [6.45, 7) is 4.65. The van der Waals surface area contributed by atoms with Crippen LogP contribution in [0.5, 0.6) is 0 Å². The summed E-state index contributed by atoms with van der Waals surface area (Å²) < 4.78 is 0. The van der Waals surface area contributed by atoms with Gasteiger partial charge in [0.25, 0.3) is 5.91 Å². The van der Waals surface area contributed by atoms with Crippen molar-refractivity contribution in [3.8, 4) is 0 Å². The highest BCUT2D eigenvalue weighted by Gasteiger charge is 2.20. The first-order valence-corrected chi connectivity index (χ1v) is 8.35. The molecule has 0 fully saturated rings. The fraction of sp³-hybridized carbons (Fsp3) is 0.500. The Labute approximate surface area is 129 Å². The third-order valence-corrected chi connectivity index (χ3v) is 4.14. The molecule has 0 heterocycles. The normalized spacial score (nSPS) is 10.8. The zero-order valence-electron chi connectivity index (χ0n) is 11.5. The van der Waals surface area contributed by atoms with Gasteiger partial charge in [-0.15, -0.1) is 23.4 Å². The number of carbonyl (C=O) groups is 1. The van der Waals surface area contributed by atoms with Gasteiger partial charge in [0.2, 0.25) is 0 Å². The molecule has 0 aliphatic heterocycles. The Hall–Kier alpha value is -0.380. The van der Waals surface area contributed by atoms with E-state index >= 15 is 0 Å². The van der Waals surface area contributed by atoms with Crippen molar-refractivity contribution in [1.29, 1.82) is 0 Å². The van der Waals surface area contributed by atoms with Gasteiger partial charge < -0.3 is 4.90 Å². The molecule has 0 N–H and O–H groups in total. The summed E-state index contributed by atoms with van der Waals surface area (Å²) in [7, 11) is 0. The van der Waals surface area contributed by atoms with Crippen molar-refractivity contribution in [1.82, 2.24) is 4.90 Å². The van der Waals surface area contributed by atoms with Gasteiger partial charge in [0.15, 0.2) is 0 Å². The van der Waals surface area contributed by atoms with Gasteiger partial charge in [-0.3, -0.25) is 4.79 Å². The minimum atomic E-state index is -0.0268. The Balaban J connectivity index is 3.01. The number of nitrogens with zero attached hydrogens (tertiary/aromatic N) is 1. The number of rotatable bonds is 6. The fourth-order valence-electron chi connectivity index (χ4n) is 1.77. The van der Waals surface area contributed by atoms with Gasteiger partial charge in [0, 0.05) is 23.4 Å². The molecule has 0 aliphatic carbocycles. The van der Waals surface area contributed by atoms with Crippen LogP contribution in [-0.4, -0.2) is 35.5 Å². The molecule has 1 aromatic rings. The van der Waals surface area contributed by atoms with Crippen molar-refractivity contribution in [2.75, 3.05) is 18.7 Å². The van der Waals surface area contributed by atoms with Crippen molar-refractivity contribution >= 4 is 40.9 Å². The maximum atomic E-state index is 12.6. The minimum Gasteiger partial charge on any atom is -0.336 e. The van der Waals surface area contributed by atoms with Crippen LogP contribution in [0, 0.1) is 0 Å². The third kappa shape index (κ3) is 4.59. The molecule has 0 saturated carbocycles. The van der Waals surface area contributed by atoms with Gasteiger partial charge in [-0.2, -0.15) is 0 Å². The molecule has 1 aromatic carbocycles. The van der Waals surface area contributed by atoms with Crippen molar-refractivity contribution in [2.45, 2.75) is 31.2 Å². The van der Waals surface area contributed by atoms with E-state index in [4.69, 9.17) is 23.2 Å². The highest BCUT2D eigenvalue weighted by molar-refractivity contribution is 7.98. The molecule has 19 heavy (non-hydrogen) atoms. The number of halogens is 2. The van der Waals surface area contributed by atoms with Gasteiger partial charge in [-0.05, 0) is 44.7 Å². The SMILES string of the molecule is CSc1ccc(Cl)c(C(=O)N(CCCCl)C(C)C)c1. The zero-order valence-corrected chi connectivity index (χ0v) is 13.8. The Morgan fingerprint density at radius 2 is 2.11 bits per heavy atom. The first kappa shape index (κ1) is 16.7. The minimum absolute atomic E-state index is 0.0268. The molecule has 0 aromatic heterocycles. The van der Waals surface area contributed by atoms with Crippen LogP contribution in [0.4, 0.5) is 0 Å². The second-order valence-electron chi connectivity index (χ2n) is 4.48. The Morgan fingerprint density at radius 1 is 1.42 bits per heavy atom. The van der Waals surface area contributed by atoms with E-state index in [1.165, 1.54) is 0 Å². The molecule has 0 unspecified atom stereocenters. The molecule has 0 radical (unpaired) electrons. The number of amides is 1. The molecular weight excluding hydrogens is 301 g/mol. The summed E-state index contributed by atoms with van der Waals surface area (Å²) in [6.07, 6.45) is 2.76. The molecule has 0 aliphatic rings. The summed E-state index contributed by atoms with van der Waals surface area (Å²) >= 11 is 13.5. The number of hydrogen-bond acceptors (Lipinski definition) is 2. The second kappa shape index (κ2) is 8.03. The highest BCUT2D eigenvalue weighted by Crippen LogP contribution is 2.24. The van der Waals surface area contributed by atoms with Crippen LogP contribution in [0.15, 0.2) is 23.1 Å². The van der Waals surface area contributed by atoms with Crippen LogP contribution >= 0.6 is 35.0 Å². The highest BCUT2D eigenvalue weighted by atomic mass is 35.5. The van der Waals surface area contributed by atoms with Crippen molar-refractivity contribution in [3.05, 3.63) is 28.8 Å². The van der Waals surface area contributed by atoms with Crippen LogP contribution < -0.4 is 0 Å². The maximum Gasteiger partial charge on any atom is 0.255 e. The predicted molar refractivity (Wildman–Crippen MR) is 84.7 cm³/mol. The van der Waals surface area contributed by atoms with Gasteiger partial charge in [-0.1, -0.05) is 11.6 Å². The van der Waals surface area contributed by atoms with Gasteiger partial charge >= 0.3 is 0 Å². The third-order valence-electron chi connectivity index (χ3n) is 2.82. The molecule has 0 atom stereocenters. The van der Waals surface area contributed by atoms with Gasteiger partial charge in [-0.25, -0.2) is 0 Å². The van der Waals surface area contributed by atoms with Crippen molar-refractivity contribution in [3.63, 3.8) is 0 Å². The molecule has 1 rings (SSSR count). The Bertz CT molecular complexity index is 437. The fourth-order valence-corrected chi connectivity index (χ4v) is 2.53. The number of alkyl halides is 1. The topological polar surface area (TPSA) is 20.3 Å². The molecule has 5 heteroatoms. The lowest BCUT2D eigenvalue weighted by molar-refractivity contribution is 0.0706. The summed E-state index contributed by atoms with van der Waals surface area (Å²) in [5, 5.41) is 0.499. The van der Waals surface area contributed by atoms with E-state index in [0.717, 1.165) is 11.3 Å². The monoisotopic (exact) mass is 319 g/mol. The zero-order chi connectivity index (χ0) is 14.4. The van der Waals surface area contributed by atoms with Crippen LogP contribution in [0.1, 0.15) is 30.6 Å². The quantitative estimate of drug-likeness (QED) is 0.566. The van der Waals surface area contributed by atoms with E-state index < -0.39 is 0 Å². The number of hydrogen-bond donors (Lipinski definition) is 0. The molecule has 1 amide bonds. The van der Waals surface area contributed by atoms with Gasteiger partial charge in [0.05, 0.1) is 10.6 Å². The van der Waals surface area contributed by atoms with Crippen molar-refractivity contribution < 1.29 is 4.79 Å². The van der Waals surface area contributed by atoms with Crippen molar-refractivity contribution in [2.24, 2.45) is 0 Å². The first-order chi connectivity index (χ1) is 9.01. The smallest absolute Gasteiger partial charge is 0.255 e. The summed E-state index contributed by atoms with van der Waals surface area (Å²) in [5.74, 6) is 0.524. The average Bonchev–Trinajstić information content (AvgIpc) is 2.39. The summed E-state index contributed by atoms with van der Waals surface area (Å²) in [6, 6.07) is 5.68. The van der Waals surface area contributed by atoms with E-state index in [2.05, 4.69) is 0 Å². The molecule has 0 saturated heterocycles. The predicted octanol–water partition coefficient (Wildman–Crippen LogP) is 4.54. The Morgan fingerprint density at radius 3 is 2.63 bits per heavy atom. The van der Waals surface area contributed by atoms with Crippen LogP contribution in [0.3, 0.4) is 0 Å². The lowest BCUT2D eigenvalue weighted by atomic mass is 10.1. The summed E-state index contributed by atoms with van der Waals surface area (Å²) in [4.78, 5) is 15.4. The molecule has 0 bridgehead atoms. The molecule has 106 valence electrons. The van der Waals surface area contributed by atoms with Crippen LogP contribution in [0.2, 0.25) is 5.02 Å². The lowest BCUT2D eigenvalue weighted by Gasteiger charge is -2.27. The maximum absolute atomic E-state index is 12.6. The standard InChI is InChI=1S/C14H19Cl2NOS/c1-10(2)17(8-4-7-15)14(18)12-9-11(19-3)5-6-13(12)16/h5-6,9-10H,4,7-8H2,1-3H3. The lowest BCUT2D eigenvalue weighted by Crippen LogP contribution is -2.38. The van der Waals surface area contributed by atoms with Crippen LogP contribution in [0.25, 0.3) is 0 Å². The largest absolute Gasteiger partial charge is 0.336 e. The van der Waals surface area contributed by atoms with E-state index in [1.807, 2.05) is 37.1 Å². The second-order valence-corrected chi connectivity index (χ2v) is 6.15. The summed E-state index contributed by atoms with van der Waals surface area (Å²) in [5.41, 5.74) is 0.566. The van der Waals surface area contributed by atoms with E-state index in [9.17, 15) is 4.79 Å². The molecular formula is C14H19Cl2NOS. The van der Waals surface area contributed by atoms with E-state index in [-0.39, 0.29) is 11.9 Å². The molecule has 0 spiro atoms. The number of thioether (sulfide) groups is 1. The molecule has 2 nitrogen and oxygen atoms in total. The average molecular weight is 320 g/mol. The van der Waals surface area contributed by atoms with E-state index in [0.29, 0.717) is 23.0 Å². The number of carbonyl (C=O) groups excluding carboxylic acids is 1. The van der Waals surface area contributed by atoms with Crippen LogP contribution in [-0.2, 0) is 0 Å². The number of benzene rings is 1. The van der Waals surface area contributed by atoms with E-state index in [1.54, 1.807) is 17.8 Å². The first-order valence-electron chi connectivity index (χ1n) is 6.21.